The third-order valence-electron chi connectivity index (χ3n) is 4.21. The number of ether oxygens (including phenoxy) is 1. The summed E-state index contributed by atoms with van der Waals surface area (Å²) in [5.74, 6) is 6.33. The van der Waals surface area contributed by atoms with Crippen molar-refractivity contribution in [3.8, 4) is 17.9 Å². The molecular formula is C19H17N5OS. The van der Waals surface area contributed by atoms with Crippen LogP contribution in [0.3, 0.4) is 0 Å². The number of rotatable bonds is 3. The van der Waals surface area contributed by atoms with E-state index in [1.807, 2.05) is 23.0 Å². The van der Waals surface area contributed by atoms with Crippen molar-refractivity contribution in [1.29, 1.82) is 5.26 Å². The van der Waals surface area contributed by atoms with Crippen LogP contribution in [-0.2, 0) is 11.3 Å². The Balaban J connectivity index is 1.42. The van der Waals surface area contributed by atoms with Crippen molar-refractivity contribution in [1.82, 2.24) is 19.7 Å². The topological polar surface area (TPSA) is 67.0 Å². The molecule has 3 aromatic rings. The third-order valence-corrected chi connectivity index (χ3v) is 5.20. The Kier molecular flexibility index (Phi) is 4.94. The number of morpholine rings is 1. The first-order chi connectivity index (χ1) is 12.8. The van der Waals surface area contributed by atoms with E-state index in [0.717, 1.165) is 60.1 Å². The molecule has 3 aromatic heterocycles. The number of thiophene rings is 1. The molecule has 4 heterocycles. The highest BCUT2D eigenvalue weighted by molar-refractivity contribution is 7.19. The molecule has 4 rings (SSSR count). The lowest BCUT2D eigenvalue weighted by Gasteiger charge is -2.26. The molecule has 0 spiro atoms. The fourth-order valence-electron chi connectivity index (χ4n) is 2.79. The van der Waals surface area contributed by atoms with Gasteiger partial charge in [-0.15, -0.1) is 11.3 Å². The van der Waals surface area contributed by atoms with Gasteiger partial charge in [-0.3, -0.25) is 14.6 Å². The second kappa shape index (κ2) is 7.67. The third kappa shape index (κ3) is 3.92. The lowest BCUT2D eigenvalue weighted by Crippen LogP contribution is -2.38. The summed E-state index contributed by atoms with van der Waals surface area (Å²) in [6.07, 6.45) is 5.36. The molecule has 0 radical (unpaired) electrons. The molecule has 1 saturated heterocycles. The fourth-order valence-corrected chi connectivity index (χ4v) is 3.70. The minimum Gasteiger partial charge on any atom is -0.379 e. The van der Waals surface area contributed by atoms with E-state index in [-0.39, 0.29) is 0 Å². The zero-order chi connectivity index (χ0) is 17.8. The van der Waals surface area contributed by atoms with E-state index < -0.39 is 0 Å². The molecule has 1 aliphatic rings. The van der Waals surface area contributed by atoms with Crippen molar-refractivity contribution in [3.05, 3.63) is 46.7 Å². The highest BCUT2D eigenvalue weighted by Gasteiger charge is 2.10. The van der Waals surface area contributed by atoms with E-state index >= 15 is 0 Å². The quantitative estimate of drug-likeness (QED) is 0.667. The fraction of sp³-hybridized carbons (Fsp3) is 0.316. The van der Waals surface area contributed by atoms with Crippen molar-refractivity contribution in [2.75, 3.05) is 32.8 Å². The maximum absolute atomic E-state index is 8.95. The molecule has 26 heavy (non-hydrogen) atoms. The van der Waals surface area contributed by atoms with E-state index in [1.54, 1.807) is 23.7 Å². The first kappa shape index (κ1) is 16.7. The summed E-state index contributed by atoms with van der Waals surface area (Å²) in [5.41, 5.74) is 2.34. The van der Waals surface area contributed by atoms with Gasteiger partial charge in [-0.2, -0.15) is 10.4 Å². The Hall–Kier alpha value is -2.71. The number of pyridine rings is 1. The number of fused-ring (bicyclic) bond motifs is 1. The first-order valence-electron chi connectivity index (χ1n) is 8.44. The van der Waals surface area contributed by atoms with Gasteiger partial charge >= 0.3 is 0 Å². The van der Waals surface area contributed by atoms with Gasteiger partial charge in [-0.25, -0.2) is 0 Å². The minimum atomic E-state index is 0.570. The Bertz CT molecular complexity index is 1010. The van der Waals surface area contributed by atoms with Crippen LogP contribution >= 0.6 is 11.3 Å². The van der Waals surface area contributed by atoms with Gasteiger partial charge in [0, 0.05) is 32.0 Å². The van der Waals surface area contributed by atoms with Gasteiger partial charge in [0.1, 0.15) is 6.07 Å². The normalized spacial score (nSPS) is 14.7. The SMILES string of the molecule is N#Cc1cnc2cc(C#Cc3cnn(CCN4CCOCC4)c3)sc2c1. The van der Waals surface area contributed by atoms with Gasteiger partial charge in [-0.1, -0.05) is 11.8 Å². The van der Waals surface area contributed by atoms with Crippen LogP contribution in [0.15, 0.2) is 30.7 Å². The molecule has 0 aromatic carbocycles. The summed E-state index contributed by atoms with van der Waals surface area (Å²) in [4.78, 5) is 7.61. The number of hydrogen-bond acceptors (Lipinski definition) is 6. The summed E-state index contributed by atoms with van der Waals surface area (Å²) in [7, 11) is 0. The van der Waals surface area contributed by atoms with Crippen molar-refractivity contribution in [2.24, 2.45) is 0 Å². The highest BCUT2D eigenvalue weighted by atomic mass is 32.1. The number of nitriles is 1. The van der Waals surface area contributed by atoms with Crippen LogP contribution in [0.4, 0.5) is 0 Å². The van der Waals surface area contributed by atoms with Gasteiger partial charge in [-0.05, 0) is 12.1 Å². The Morgan fingerprint density at radius 2 is 2.00 bits per heavy atom. The molecule has 0 aliphatic carbocycles. The maximum Gasteiger partial charge on any atom is 0.101 e. The number of hydrogen-bond donors (Lipinski definition) is 0. The molecule has 0 unspecified atom stereocenters. The van der Waals surface area contributed by atoms with Crippen molar-refractivity contribution < 1.29 is 4.74 Å². The van der Waals surface area contributed by atoms with Crippen LogP contribution in [0.2, 0.25) is 0 Å². The van der Waals surface area contributed by atoms with Crippen LogP contribution in [0.5, 0.6) is 0 Å². The van der Waals surface area contributed by atoms with Gasteiger partial charge in [0.2, 0.25) is 0 Å². The molecule has 0 N–H and O–H groups in total. The van der Waals surface area contributed by atoms with Crippen molar-refractivity contribution in [3.63, 3.8) is 0 Å². The van der Waals surface area contributed by atoms with Gasteiger partial charge < -0.3 is 4.74 Å². The monoisotopic (exact) mass is 363 g/mol. The highest BCUT2D eigenvalue weighted by Crippen LogP contribution is 2.24. The lowest BCUT2D eigenvalue weighted by atomic mass is 10.3. The average Bonchev–Trinajstić information content (AvgIpc) is 3.31. The van der Waals surface area contributed by atoms with Crippen LogP contribution in [0, 0.1) is 23.2 Å². The standard InChI is InChI=1S/C19H17N5OS/c20-11-16-9-19-18(21-12-16)10-17(26-19)2-1-15-13-22-24(14-15)4-3-23-5-7-25-8-6-23/h9-10,12-14H,3-8H2. The molecule has 1 fully saturated rings. The van der Waals surface area contributed by atoms with E-state index in [4.69, 9.17) is 10.00 Å². The van der Waals surface area contributed by atoms with Crippen molar-refractivity contribution >= 4 is 21.6 Å². The Morgan fingerprint density at radius 3 is 2.85 bits per heavy atom. The summed E-state index contributed by atoms with van der Waals surface area (Å²) in [5, 5.41) is 13.3. The first-order valence-corrected chi connectivity index (χ1v) is 9.26. The lowest BCUT2D eigenvalue weighted by molar-refractivity contribution is 0.0360. The van der Waals surface area contributed by atoms with Crippen LogP contribution in [0.25, 0.3) is 10.2 Å². The second-order valence-electron chi connectivity index (χ2n) is 6.03. The van der Waals surface area contributed by atoms with E-state index in [2.05, 4.69) is 32.9 Å². The molecule has 7 heteroatoms. The molecule has 130 valence electrons. The van der Waals surface area contributed by atoms with E-state index in [9.17, 15) is 0 Å². The van der Waals surface area contributed by atoms with Gasteiger partial charge in [0.05, 0.1) is 52.2 Å². The summed E-state index contributed by atoms with van der Waals surface area (Å²) < 4.78 is 8.28. The zero-order valence-corrected chi connectivity index (χ0v) is 15.0. The summed E-state index contributed by atoms with van der Waals surface area (Å²) in [6, 6.07) is 5.92. The number of aromatic nitrogens is 3. The van der Waals surface area contributed by atoms with E-state index in [1.165, 1.54) is 0 Å². The zero-order valence-electron chi connectivity index (χ0n) is 14.2. The molecule has 0 amide bonds. The summed E-state index contributed by atoms with van der Waals surface area (Å²) >= 11 is 1.55. The van der Waals surface area contributed by atoms with Crippen LogP contribution in [0.1, 0.15) is 16.0 Å². The Labute approximate surface area is 155 Å². The predicted molar refractivity (Wildman–Crippen MR) is 99.8 cm³/mol. The molecule has 1 aliphatic heterocycles. The smallest absolute Gasteiger partial charge is 0.101 e. The molecule has 0 atom stereocenters. The second-order valence-corrected chi connectivity index (χ2v) is 7.11. The van der Waals surface area contributed by atoms with Gasteiger partial charge in [0.15, 0.2) is 0 Å². The number of nitrogens with zero attached hydrogens (tertiary/aromatic N) is 5. The van der Waals surface area contributed by atoms with E-state index in [0.29, 0.717) is 5.56 Å². The molecule has 0 bridgehead atoms. The molecule has 6 nitrogen and oxygen atoms in total. The average molecular weight is 363 g/mol. The maximum atomic E-state index is 8.95. The Morgan fingerprint density at radius 1 is 1.12 bits per heavy atom. The minimum absolute atomic E-state index is 0.570. The summed E-state index contributed by atoms with van der Waals surface area (Å²) in [6.45, 7) is 5.43. The largest absolute Gasteiger partial charge is 0.379 e. The predicted octanol–water partition coefficient (Wildman–Crippen LogP) is 2.10. The van der Waals surface area contributed by atoms with Gasteiger partial charge in [0.25, 0.3) is 0 Å². The van der Waals surface area contributed by atoms with Crippen LogP contribution < -0.4 is 0 Å². The molecular weight excluding hydrogens is 346 g/mol. The van der Waals surface area contributed by atoms with Crippen molar-refractivity contribution in [2.45, 2.75) is 6.54 Å². The molecule has 0 saturated carbocycles. The van der Waals surface area contributed by atoms with Crippen LogP contribution in [-0.4, -0.2) is 52.5 Å².